The number of rotatable bonds is 3. The van der Waals surface area contributed by atoms with Gasteiger partial charge in [-0.25, -0.2) is 14.6 Å². The smallest absolute Gasteiger partial charge is 0.246 e. The molecule has 2 aromatic rings. The Kier molecular flexibility index (Phi) is 4.02. The minimum absolute atomic E-state index is 0.0376. The summed E-state index contributed by atoms with van der Waals surface area (Å²) in [6.07, 6.45) is 4.72. The molecule has 3 heterocycles. The van der Waals surface area contributed by atoms with Gasteiger partial charge in [0.25, 0.3) is 0 Å². The molecule has 0 radical (unpaired) electrons. The van der Waals surface area contributed by atoms with E-state index in [1.807, 2.05) is 9.58 Å². The number of nitrogens with zero attached hydrogens (tertiary/aromatic N) is 5. The molecule has 2 N–H and O–H groups in total. The van der Waals surface area contributed by atoms with Crippen molar-refractivity contribution in [2.24, 2.45) is 0 Å². The number of nitrogens with two attached hydrogens (primary N) is 1. The van der Waals surface area contributed by atoms with Crippen LogP contribution in [0.1, 0.15) is 44.3 Å². The van der Waals surface area contributed by atoms with Gasteiger partial charge >= 0.3 is 0 Å². The first-order valence-corrected chi connectivity index (χ1v) is 7.92. The van der Waals surface area contributed by atoms with Gasteiger partial charge in [-0.15, -0.1) is 0 Å². The Labute approximate surface area is 135 Å². The monoisotopic (exact) mass is 314 g/mol. The van der Waals surface area contributed by atoms with Crippen LogP contribution in [0.25, 0.3) is 11.0 Å². The predicted molar refractivity (Wildman–Crippen MR) is 88.9 cm³/mol. The van der Waals surface area contributed by atoms with Crippen molar-refractivity contribution >= 4 is 22.8 Å². The van der Waals surface area contributed by atoms with E-state index in [0.29, 0.717) is 12.4 Å². The molecule has 23 heavy (non-hydrogen) atoms. The van der Waals surface area contributed by atoms with Gasteiger partial charge in [0.2, 0.25) is 5.91 Å². The Bertz CT molecular complexity index is 750. The summed E-state index contributed by atoms with van der Waals surface area (Å²) in [5.74, 6) is 0.644. The van der Waals surface area contributed by atoms with Crippen LogP contribution in [0.15, 0.2) is 19.0 Å². The number of hydrogen-bond donors (Lipinski definition) is 1. The van der Waals surface area contributed by atoms with Crippen LogP contribution >= 0.6 is 0 Å². The molecular formula is C16H22N6O. The number of hydrogen-bond acceptors (Lipinski definition) is 5. The maximum Gasteiger partial charge on any atom is 0.246 e. The Morgan fingerprint density at radius 3 is 2.96 bits per heavy atom. The molecule has 0 spiro atoms. The highest BCUT2D eigenvalue weighted by atomic mass is 16.2. The first-order valence-electron chi connectivity index (χ1n) is 7.92. The Balaban J connectivity index is 2.04. The van der Waals surface area contributed by atoms with Crippen LogP contribution in [-0.2, 0) is 4.79 Å². The quantitative estimate of drug-likeness (QED) is 0.874. The summed E-state index contributed by atoms with van der Waals surface area (Å²) in [5.41, 5.74) is 7.71. The second-order valence-corrected chi connectivity index (χ2v) is 6.23. The molecule has 0 unspecified atom stereocenters. The molecule has 7 nitrogen and oxygen atoms in total. The lowest BCUT2D eigenvalue weighted by molar-refractivity contribution is -0.127. The van der Waals surface area contributed by atoms with E-state index in [9.17, 15) is 4.79 Å². The second kappa shape index (κ2) is 5.98. The van der Waals surface area contributed by atoms with E-state index >= 15 is 0 Å². The number of carbonyl (C=O) groups excluding carboxylic acids is 1. The summed E-state index contributed by atoms with van der Waals surface area (Å²) in [6, 6.07) is 0.0944. The van der Waals surface area contributed by atoms with Crippen molar-refractivity contribution in [1.82, 2.24) is 24.6 Å². The van der Waals surface area contributed by atoms with Crippen molar-refractivity contribution in [1.29, 1.82) is 0 Å². The number of nitrogen functional groups attached to an aromatic ring is 1. The second-order valence-electron chi connectivity index (χ2n) is 6.23. The number of amides is 1. The minimum Gasteiger partial charge on any atom is -0.383 e. The average Bonchev–Trinajstić information content (AvgIpc) is 2.95. The standard InChI is InChI=1S/C16H22N6O/c1-4-12(23)21-7-5-6-11(8-21)22-16-13(14(20-22)10(2)3)15(17)18-9-19-16/h4,9-11H,1,5-8H2,2-3H3,(H2,17,18,19)/t11-/m1/s1. The van der Waals surface area contributed by atoms with Gasteiger partial charge in [0, 0.05) is 13.1 Å². The molecule has 0 aromatic carbocycles. The fraction of sp³-hybridized carbons (Fsp3) is 0.500. The van der Waals surface area contributed by atoms with E-state index in [0.717, 1.165) is 36.1 Å². The number of carbonyl (C=O) groups is 1. The molecule has 1 aliphatic rings. The number of likely N-dealkylation sites (tertiary alicyclic amines) is 1. The Morgan fingerprint density at radius 2 is 2.26 bits per heavy atom. The van der Waals surface area contributed by atoms with E-state index in [4.69, 9.17) is 10.8 Å². The van der Waals surface area contributed by atoms with Gasteiger partial charge in [0.15, 0.2) is 5.65 Å². The molecule has 0 aliphatic carbocycles. The van der Waals surface area contributed by atoms with E-state index in [2.05, 4.69) is 30.4 Å². The van der Waals surface area contributed by atoms with Crippen molar-refractivity contribution in [3.63, 3.8) is 0 Å². The summed E-state index contributed by atoms with van der Waals surface area (Å²) in [4.78, 5) is 22.2. The number of piperidine rings is 1. The molecule has 1 atom stereocenters. The van der Waals surface area contributed by atoms with Crippen LogP contribution in [0, 0.1) is 0 Å². The fourth-order valence-corrected chi connectivity index (χ4v) is 3.16. The lowest BCUT2D eigenvalue weighted by Crippen LogP contribution is -2.40. The third-order valence-electron chi connectivity index (χ3n) is 4.32. The number of aromatic nitrogens is 4. The first-order chi connectivity index (χ1) is 11.0. The van der Waals surface area contributed by atoms with Gasteiger partial charge in [-0.05, 0) is 24.8 Å². The van der Waals surface area contributed by atoms with Crippen molar-refractivity contribution in [2.45, 2.75) is 38.6 Å². The summed E-state index contributed by atoms with van der Waals surface area (Å²) in [7, 11) is 0. The molecule has 0 saturated carbocycles. The van der Waals surface area contributed by atoms with E-state index in [1.165, 1.54) is 12.4 Å². The molecule has 122 valence electrons. The molecule has 1 fully saturated rings. The molecule has 0 bridgehead atoms. The van der Waals surface area contributed by atoms with Crippen molar-refractivity contribution in [3.05, 3.63) is 24.7 Å². The van der Waals surface area contributed by atoms with Crippen LogP contribution in [0.2, 0.25) is 0 Å². The van der Waals surface area contributed by atoms with Gasteiger partial charge in [-0.3, -0.25) is 4.79 Å². The summed E-state index contributed by atoms with van der Waals surface area (Å²) in [5, 5.41) is 5.59. The van der Waals surface area contributed by atoms with Crippen LogP contribution in [0.5, 0.6) is 0 Å². The SMILES string of the molecule is C=CC(=O)N1CCC[C@@H](n2nc(C(C)C)c3c(N)ncnc32)C1. The predicted octanol–water partition coefficient (Wildman–Crippen LogP) is 1.88. The summed E-state index contributed by atoms with van der Waals surface area (Å²) < 4.78 is 1.92. The van der Waals surface area contributed by atoms with Gasteiger partial charge in [0.1, 0.15) is 12.1 Å². The summed E-state index contributed by atoms with van der Waals surface area (Å²) >= 11 is 0. The van der Waals surface area contributed by atoms with Crippen LogP contribution in [-0.4, -0.2) is 43.6 Å². The zero-order chi connectivity index (χ0) is 16.6. The highest BCUT2D eigenvalue weighted by Crippen LogP contribution is 2.31. The van der Waals surface area contributed by atoms with Crippen molar-refractivity contribution < 1.29 is 4.79 Å². The highest BCUT2D eigenvalue weighted by Gasteiger charge is 2.28. The van der Waals surface area contributed by atoms with Crippen LogP contribution in [0.4, 0.5) is 5.82 Å². The van der Waals surface area contributed by atoms with Crippen LogP contribution in [0.3, 0.4) is 0 Å². The molecule has 1 aliphatic heterocycles. The number of fused-ring (bicyclic) bond motifs is 1. The molecule has 7 heteroatoms. The zero-order valence-electron chi connectivity index (χ0n) is 13.6. The van der Waals surface area contributed by atoms with Crippen molar-refractivity contribution in [2.75, 3.05) is 18.8 Å². The number of anilines is 1. The topological polar surface area (TPSA) is 89.9 Å². The molecule has 2 aromatic heterocycles. The largest absolute Gasteiger partial charge is 0.383 e. The average molecular weight is 314 g/mol. The maximum atomic E-state index is 11.9. The third kappa shape index (κ3) is 2.67. The normalized spacial score (nSPS) is 18.6. The highest BCUT2D eigenvalue weighted by molar-refractivity contribution is 5.89. The van der Waals surface area contributed by atoms with Crippen LogP contribution < -0.4 is 5.73 Å². The van der Waals surface area contributed by atoms with E-state index in [1.54, 1.807) is 0 Å². The zero-order valence-corrected chi connectivity index (χ0v) is 13.6. The van der Waals surface area contributed by atoms with Gasteiger partial charge < -0.3 is 10.6 Å². The first kappa shape index (κ1) is 15.5. The molecule has 1 amide bonds. The molecular weight excluding hydrogens is 292 g/mol. The van der Waals surface area contributed by atoms with Gasteiger partial charge in [-0.2, -0.15) is 5.10 Å². The van der Waals surface area contributed by atoms with Gasteiger partial charge in [-0.1, -0.05) is 20.4 Å². The third-order valence-corrected chi connectivity index (χ3v) is 4.32. The lowest BCUT2D eigenvalue weighted by Gasteiger charge is -2.32. The van der Waals surface area contributed by atoms with Gasteiger partial charge in [0.05, 0.1) is 17.1 Å². The van der Waals surface area contributed by atoms with E-state index < -0.39 is 0 Å². The lowest BCUT2D eigenvalue weighted by atomic mass is 10.1. The van der Waals surface area contributed by atoms with E-state index in [-0.39, 0.29) is 17.9 Å². The van der Waals surface area contributed by atoms with Crippen molar-refractivity contribution in [3.8, 4) is 0 Å². The molecule has 1 saturated heterocycles. The molecule has 3 rings (SSSR count). The Morgan fingerprint density at radius 1 is 1.48 bits per heavy atom. The minimum atomic E-state index is -0.0376. The summed E-state index contributed by atoms with van der Waals surface area (Å²) in [6.45, 7) is 9.10. The fourth-order valence-electron chi connectivity index (χ4n) is 3.16. The Hall–Kier alpha value is -2.44. The maximum absolute atomic E-state index is 11.9.